The minimum Gasteiger partial charge on any atom is -0.382 e. The Balaban J connectivity index is 1.40. The van der Waals surface area contributed by atoms with Crippen molar-refractivity contribution in [3.05, 3.63) is 52.9 Å². The molecule has 1 unspecified atom stereocenters. The van der Waals surface area contributed by atoms with E-state index in [2.05, 4.69) is 20.6 Å². The smallest absolute Gasteiger partial charge is 0.270 e. The fourth-order valence-electron chi connectivity index (χ4n) is 2.99. The van der Waals surface area contributed by atoms with Gasteiger partial charge in [0.15, 0.2) is 5.13 Å². The van der Waals surface area contributed by atoms with Gasteiger partial charge >= 0.3 is 0 Å². The van der Waals surface area contributed by atoms with Crippen molar-refractivity contribution < 1.29 is 14.0 Å². The standard InChI is InChI=1S/C19H18FN5O2S/c1-3-25-11(2)14(9-21-25)16-10-28-19(22-16)23-18(26)17-8-15(24-27-17)12-4-6-13(20)7-5-12/h4-7,9-10,17H,3,8H2,1-2H3,(H,22,23,26). The number of thiazole rings is 1. The molecule has 0 aliphatic carbocycles. The topological polar surface area (TPSA) is 81.4 Å². The molecule has 144 valence electrons. The highest BCUT2D eigenvalue weighted by Crippen LogP contribution is 2.28. The number of hydrogen-bond donors (Lipinski definition) is 1. The Bertz CT molecular complexity index is 1040. The molecule has 0 saturated carbocycles. The third-order valence-corrected chi connectivity index (χ3v) is 5.31. The monoisotopic (exact) mass is 399 g/mol. The number of aromatic nitrogens is 3. The predicted molar refractivity (Wildman–Crippen MR) is 105 cm³/mol. The van der Waals surface area contributed by atoms with Crippen LogP contribution in [0.25, 0.3) is 11.3 Å². The van der Waals surface area contributed by atoms with Crippen molar-refractivity contribution in [2.45, 2.75) is 32.9 Å². The second kappa shape index (κ2) is 7.51. The van der Waals surface area contributed by atoms with Crippen LogP contribution in [0.5, 0.6) is 0 Å². The second-order valence-electron chi connectivity index (χ2n) is 6.33. The lowest BCUT2D eigenvalue weighted by atomic mass is 10.0. The van der Waals surface area contributed by atoms with E-state index in [-0.39, 0.29) is 11.7 Å². The van der Waals surface area contributed by atoms with Gasteiger partial charge in [0.2, 0.25) is 6.10 Å². The molecule has 2 aromatic heterocycles. The molecule has 0 bridgehead atoms. The van der Waals surface area contributed by atoms with Gasteiger partial charge in [0.1, 0.15) is 5.82 Å². The summed E-state index contributed by atoms with van der Waals surface area (Å²) < 4.78 is 14.9. The van der Waals surface area contributed by atoms with Crippen LogP contribution >= 0.6 is 11.3 Å². The quantitative estimate of drug-likeness (QED) is 0.711. The number of hydrogen-bond acceptors (Lipinski definition) is 6. The van der Waals surface area contributed by atoms with E-state index < -0.39 is 6.10 Å². The maximum absolute atomic E-state index is 13.0. The summed E-state index contributed by atoms with van der Waals surface area (Å²) in [5, 5.41) is 13.4. The first-order valence-corrected chi connectivity index (χ1v) is 9.71. The zero-order valence-electron chi connectivity index (χ0n) is 15.3. The third-order valence-electron chi connectivity index (χ3n) is 4.55. The van der Waals surface area contributed by atoms with Crippen LogP contribution < -0.4 is 5.32 Å². The van der Waals surface area contributed by atoms with Crippen molar-refractivity contribution in [3.8, 4) is 11.3 Å². The highest BCUT2D eigenvalue weighted by atomic mass is 32.1. The van der Waals surface area contributed by atoms with E-state index >= 15 is 0 Å². The number of halogens is 1. The van der Waals surface area contributed by atoms with Gasteiger partial charge in [-0.3, -0.25) is 14.8 Å². The Morgan fingerprint density at radius 3 is 2.89 bits per heavy atom. The van der Waals surface area contributed by atoms with Gasteiger partial charge < -0.3 is 4.84 Å². The van der Waals surface area contributed by atoms with Crippen LogP contribution in [0.15, 0.2) is 41.0 Å². The minimum absolute atomic E-state index is 0.317. The maximum atomic E-state index is 13.0. The lowest BCUT2D eigenvalue weighted by Gasteiger charge is -2.07. The van der Waals surface area contributed by atoms with E-state index in [1.54, 1.807) is 18.3 Å². The SMILES string of the molecule is CCn1ncc(-c2csc(NC(=O)C3CC(c4ccc(F)cc4)=NO3)n2)c1C. The molecule has 1 N–H and O–H groups in total. The number of carbonyl (C=O) groups is 1. The predicted octanol–water partition coefficient (Wildman–Crippen LogP) is 3.61. The Hall–Kier alpha value is -3.07. The maximum Gasteiger partial charge on any atom is 0.270 e. The average molecular weight is 399 g/mol. The van der Waals surface area contributed by atoms with Crippen molar-refractivity contribution >= 4 is 28.1 Å². The van der Waals surface area contributed by atoms with E-state index in [0.29, 0.717) is 17.3 Å². The van der Waals surface area contributed by atoms with Gasteiger partial charge in [-0.15, -0.1) is 11.3 Å². The van der Waals surface area contributed by atoms with Crippen LogP contribution in [0.1, 0.15) is 24.6 Å². The normalized spacial score (nSPS) is 16.0. The van der Waals surface area contributed by atoms with Crippen molar-refractivity contribution in [3.63, 3.8) is 0 Å². The molecule has 7 nitrogen and oxygen atoms in total. The van der Waals surface area contributed by atoms with Crippen LogP contribution in [0, 0.1) is 12.7 Å². The van der Waals surface area contributed by atoms with Gasteiger partial charge in [-0.05, 0) is 31.5 Å². The molecular weight excluding hydrogens is 381 g/mol. The van der Waals surface area contributed by atoms with Crippen molar-refractivity contribution in [2.75, 3.05) is 5.32 Å². The summed E-state index contributed by atoms with van der Waals surface area (Å²) in [5.41, 5.74) is 4.09. The first kappa shape index (κ1) is 18.3. The highest BCUT2D eigenvalue weighted by molar-refractivity contribution is 7.14. The summed E-state index contributed by atoms with van der Waals surface area (Å²) in [6, 6.07) is 5.93. The second-order valence-corrected chi connectivity index (χ2v) is 7.19. The van der Waals surface area contributed by atoms with E-state index in [0.717, 1.165) is 29.1 Å². The van der Waals surface area contributed by atoms with E-state index in [9.17, 15) is 9.18 Å². The van der Waals surface area contributed by atoms with Crippen LogP contribution in [-0.2, 0) is 16.2 Å². The molecule has 1 amide bonds. The van der Waals surface area contributed by atoms with Gasteiger partial charge in [0.05, 0.1) is 17.6 Å². The first-order valence-electron chi connectivity index (χ1n) is 8.83. The number of nitrogens with one attached hydrogen (secondary N) is 1. The Morgan fingerprint density at radius 2 is 2.18 bits per heavy atom. The van der Waals surface area contributed by atoms with Gasteiger partial charge in [0, 0.05) is 29.6 Å². The Labute approximate surface area is 164 Å². The number of anilines is 1. The molecular formula is C19H18FN5O2S. The molecule has 1 aliphatic heterocycles. The molecule has 9 heteroatoms. The molecule has 1 aliphatic rings. The number of amides is 1. The number of oxime groups is 1. The van der Waals surface area contributed by atoms with Crippen molar-refractivity contribution in [1.29, 1.82) is 0 Å². The summed E-state index contributed by atoms with van der Waals surface area (Å²) in [5.74, 6) is -0.639. The lowest BCUT2D eigenvalue weighted by Crippen LogP contribution is -2.28. The molecule has 28 heavy (non-hydrogen) atoms. The van der Waals surface area contributed by atoms with Crippen LogP contribution in [0.4, 0.5) is 9.52 Å². The van der Waals surface area contributed by atoms with Gasteiger partial charge in [-0.25, -0.2) is 9.37 Å². The molecule has 0 spiro atoms. The summed E-state index contributed by atoms with van der Waals surface area (Å²) in [6.07, 6.45) is 1.36. The molecule has 0 radical (unpaired) electrons. The molecule has 0 fully saturated rings. The Morgan fingerprint density at radius 1 is 1.39 bits per heavy atom. The number of rotatable bonds is 5. The Kier molecular flexibility index (Phi) is 4.91. The zero-order chi connectivity index (χ0) is 19.7. The number of benzene rings is 1. The van der Waals surface area contributed by atoms with Gasteiger partial charge in [0.25, 0.3) is 5.91 Å². The zero-order valence-corrected chi connectivity index (χ0v) is 16.2. The molecule has 3 heterocycles. The highest BCUT2D eigenvalue weighted by Gasteiger charge is 2.29. The summed E-state index contributed by atoms with van der Waals surface area (Å²) in [6.45, 7) is 4.81. The first-order chi connectivity index (χ1) is 13.5. The minimum atomic E-state index is -0.739. The molecule has 3 aromatic rings. The fourth-order valence-corrected chi connectivity index (χ4v) is 3.70. The van der Waals surface area contributed by atoms with E-state index in [4.69, 9.17) is 4.84 Å². The summed E-state index contributed by atoms with van der Waals surface area (Å²) in [4.78, 5) is 22.2. The van der Waals surface area contributed by atoms with Gasteiger partial charge in [-0.1, -0.05) is 17.3 Å². The van der Waals surface area contributed by atoms with E-state index in [1.165, 1.54) is 23.5 Å². The lowest BCUT2D eigenvalue weighted by molar-refractivity contribution is -0.125. The fraction of sp³-hybridized carbons (Fsp3) is 0.263. The summed E-state index contributed by atoms with van der Waals surface area (Å²) >= 11 is 1.34. The third kappa shape index (κ3) is 3.53. The van der Waals surface area contributed by atoms with Crippen LogP contribution in [0.3, 0.4) is 0 Å². The number of aryl methyl sites for hydroxylation is 1. The average Bonchev–Trinajstić information content (AvgIpc) is 3.42. The molecule has 0 saturated heterocycles. The molecule has 1 aromatic carbocycles. The number of carbonyl (C=O) groups excluding carboxylic acids is 1. The molecule has 4 rings (SSSR count). The van der Waals surface area contributed by atoms with Crippen LogP contribution in [-0.4, -0.2) is 32.5 Å². The summed E-state index contributed by atoms with van der Waals surface area (Å²) in [7, 11) is 0. The van der Waals surface area contributed by atoms with E-state index in [1.807, 2.05) is 23.9 Å². The largest absolute Gasteiger partial charge is 0.382 e. The van der Waals surface area contributed by atoms with Crippen molar-refractivity contribution in [2.24, 2.45) is 5.16 Å². The van der Waals surface area contributed by atoms with Crippen molar-refractivity contribution in [1.82, 2.24) is 14.8 Å². The van der Waals surface area contributed by atoms with Crippen LogP contribution in [0.2, 0.25) is 0 Å². The number of nitrogens with zero attached hydrogens (tertiary/aromatic N) is 4. The van der Waals surface area contributed by atoms with Gasteiger partial charge in [-0.2, -0.15) is 5.10 Å². The molecule has 1 atom stereocenters.